The molecule has 10 nitrogen and oxygen atoms in total. The fourth-order valence-electron chi connectivity index (χ4n) is 5.88. The quantitative estimate of drug-likeness (QED) is 0.323. The molecule has 248 valence electrons. The van der Waals surface area contributed by atoms with E-state index >= 15 is 0 Å². The average Bonchev–Trinajstić information content (AvgIpc) is 3.57. The Bertz CT molecular complexity index is 1560. The molecular weight excluding hydrogens is 598 g/mol. The summed E-state index contributed by atoms with van der Waals surface area (Å²) >= 11 is 0. The van der Waals surface area contributed by atoms with Crippen molar-refractivity contribution < 1.29 is 38.1 Å². The van der Waals surface area contributed by atoms with Gasteiger partial charge in [0.15, 0.2) is 0 Å². The molecule has 2 N–H and O–H groups in total. The molecular formula is C34H42F2N4O6. The third kappa shape index (κ3) is 8.09. The Hall–Kier alpha value is -4.32. The van der Waals surface area contributed by atoms with Crippen molar-refractivity contribution in [1.82, 2.24) is 19.4 Å². The van der Waals surface area contributed by atoms with Crippen molar-refractivity contribution in [3.8, 4) is 11.3 Å². The predicted molar refractivity (Wildman–Crippen MR) is 167 cm³/mol. The molecule has 0 bridgehead atoms. The lowest BCUT2D eigenvalue weighted by Gasteiger charge is -2.41. The number of imidazole rings is 1. The standard InChI is InChI=1S/C34H42F2N4O6/c1-33(2,3)29(40(28(42)20-41)17-22-16-39(18-25(22)31(43)44)32(45)46-34(4,5)6)30-37-27(24-14-23(35)12-13-26(24)36)19-38(30)15-21-10-8-7-9-11-21/h7-14,19,22,25,29,41H,15-18,20H2,1-6H3,(H,43,44). The van der Waals surface area contributed by atoms with Gasteiger partial charge in [-0.1, -0.05) is 51.1 Å². The van der Waals surface area contributed by atoms with Crippen LogP contribution in [0.3, 0.4) is 0 Å². The van der Waals surface area contributed by atoms with Crippen molar-refractivity contribution in [2.75, 3.05) is 26.2 Å². The fraction of sp³-hybridized carbons (Fsp3) is 0.471. The number of nitrogens with zero attached hydrogens (tertiary/aromatic N) is 4. The van der Waals surface area contributed by atoms with Gasteiger partial charge in [0.05, 0.1) is 17.7 Å². The smallest absolute Gasteiger partial charge is 0.410 e. The summed E-state index contributed by atoms with van der Waals surface area (Å²) in [5.41, 5.74) is -0.567. The molecule has 1 aromatic heterocycles. The molecule has 2 aromatic carbocycles. The third-order valence-corrected chi connectivity index (χ3v) is 7.88. The number of carboxylic acids is 1. The molecule has 0 spiro atoms. The van der Waals surface area contributed by atoms with E-state index in [1.807, 2.05) is 51.1 Å². The second-order valence-corrected chi connectivity index (χ2v) is 13.8. The molecule has 1 aliphatic heterocycles. The van der Waals surface area contributed by atoms with Crippen LogP contribution in [0.15, 0.2) is 54.7 Å². The number of hydrogen-bond acceptors (Lipinski definition) is 6. The van der Waals surface area contributed by atoms with Gasteiger partial charge in [0.25, 0.3) is 0 Å². The van der Waals surface area contributed by atoms with Crippen LogP contribution in [0.4, 0.5) is 13.6 Å². The van der Waals surface area contributed by atoms with E-state index in [9.17, 15) is 33.4 Å². The molecule has 12 heteroatoms. The summed E-state index contributed by atoms with van der Waals surface area (Å²) in [4.78, 5) is 46.3. The van der Waals surface area contributed by atoms with Crippen molar-refractivity contribution in [2.45, 2.75) is 59.7 Å². The first-order chi connectivity index (χ1) is 21.5. The van der Waals surface area contributed by atoms with Crippen LogP contribution in [0.5, 0.6) is 0 Å². The molecule has 4 rings (SSSR count). The number of aliphatic hydroxyl groups excluding tert-OH is 1. The molecule has 0 saturated carbocycles. The number of halogens is 2. The van der Waals surface area contributed by atoms with Crippen LogP contribution in [-0.4, -0.2) is 79.4 Å². The largest absolute Gasteiger partial charge is 0.481 e. The van der Waals surface area contributed by atoms with Gasteiger partial charge >= 0.3 is 12.1 Å². The van der Waals surface area contributed by atoms with E-state index < -0.39 is 65.1 Å². The van der Waals surface area contributed by atoms with Crippen LogP contribution in [0.2, 0.25) is 0 Å². The summed E-state index contributed by atoms with van der Waals surface area (Å²) in [6.07, 6.45) is 0.939. The Morgan fingerprint density at radius 2 is 1.72 bits per heavy atom. The number of benzene rings is 2. The topological polar surface area (TPSA) is 125 Å². The SMILES string of the molecule is CC(C)(C)OC(=O)N1CC(CN(C(=O)CO)C(c2nc(-c3cc(F)ccc3F)cn2Cc2ccccc2)C(C)(C)C)C(C(=O)O)C1. The first-order valence-corrected chi connectivity index (χ1v) is 15.2. The lowest BCUT2D eigenvalue weighted by Crippen LogP contribution is -2.47. The Kier molecular flexibility index (Phi) is 10.2. The number of amides is 2. The van der Waals surface area contributed by atoms with Gasteiger partial charge in [-0.25, -0.2) is 18.6 Å². The lowest BCUT2D eigenvalue weighted by atomic mass is 9.83. The monoisotopic (exact) mass is 640 g/mol. The molecule has 2 heterocycles. The van der Waals surface area contributed by atoms with Gasteiger partial charge in [0.1, 0.15) is 29.7 Å². The van der Waals surface area contributed by atoms with Gasteiger partial charge in [-0.3, -0.25) is 9.59 Å². The second-order valence-electron chi connectivity index (χ2n) is 13.8. The molecule has 46 heavy (non-hydrogen) atoms. The van der Waals surface area contributed by atoms with Crippen LogP contribution in [-0.2, 0) is 20.9 Å². The number of aliphatic hydroxyl groups is 1. The van der Waals surface area contributed by atoms with E-state index in [0.29, 0.717) is 5.82 Å². The number of hydrogen-bond donors (Lipinski definition) is 2. The minimum absolute atomic E-state index is 0.0101. The maximum absolute atomic E-state index is 15.0. The molecule has 3 unspecified atom stereocenters. The number of aliphatic carboxylic acids is 1. The van der Waals surface area contributed by atoms with Crippen LogP contribution < -0.4 is 0 Å². The van der Waals surface area contributed by atoms with E-state index in [0.717, 1.165) is 23.8 Å². The molecule has 1 aliphatic rings. The first kappa shape index (κ1) is 34.6. The number of carboxylic acid groups (broad SMARTS) is 1. The minimum atomic E-state index is -1.13. The second kappa shape index (κ2) is 13.6. The van der Waals surface area contributed by atoms with Crippen LogP contribution in [0.25, 0.3) is 11.3 Å². The van der Waals surface area contributed by atoms with Gasteiger partial charge in [0, 0.05) is 43.9 Å². The summed E-state index contributed by atoms with van der Waals surface area (Å²) in [6, 6.07) is 11.6. The maximum Gasteiger partial charge on any atom is 0.410 e. The average molecular weight is 641 g/mol. The highest BCUT2D eigenvalue weighted by Gasteiger charge is 2.45. The van der Waals surface area contributed by atoms with Gasteiger partial charge in [-0.05, 0) is 49.9 Å². The van der Waals surface area contributed by atoms with Crippen LogP contribution >= 0.6 is 0 Å². The number of rotatable bonds is 9. The Morgan fingerprint density at radius 1 is 1.04 bits per heavy atom. The summed E-state index contributed by atoms with van der Waals surface area (Å²) < 4.78 is 36.5. The zero-order valence-electron chi connectivity index (χ0n) is 27.0. The molecule has 0 aliphatic carbocycles. The summed E-state index contributed by atoms with van der Waals surface area (Å²) in [5, 5.41) is 20.2. The highest BCUT2D eigenvalue weighted by atomic mass is 19.1. The number of carbonyl (C=O) groups is 3. The number of aromatic nitrogens is 2. The van der Waals surface area contributed by atoms with Crippen molar-refractivity contribution >= 4 is 18.0 Å². The lowest BCUT2D eigenvalue weighted by molar-refractivity contribution is -0.146. The Labute approximate surface area is 267 Å². The van der Waals surface area contributed by atoms with Crippen molar-refractivity contribution in [1.29, 1.82) is 0 Å². The molecule has 2 amide bonds. The van der Waals surface area contributed by atoms with Crippen molar-refractivity contribution in [2.24, 2.45) is 17.3 Å². The highest BCUT2D eigenvalue weighted by Crippen LogP contribution is 2.41. The number of likely N-dealkylation sites (tertiary alicyclic amines) is 1. The summed E-state index contributed by atoms with van der Waals surface area (Å²) in [7, 11) is 0. The van der Waals surface area contributed by atoms with Crippen LogP contribution in [0, 0.1) is 28.9 Å². The molecule has 3 atom stereocenters. The number of ether oxygens (including phenoxy) is 1. The summed E-state index contributed by atoms with van der Waals surface area (Å²) in [6.45, 7) is 9.94. The van der Waals surface area contributed by atoms with Gasteiger partial charge in [0.2, 0.25) is 5.91 Å². The van der Waals surface area contributed by atoms with E-state index in [4.69, 9.17) is 9.72 Å². The molecule has 1 fully saturated rings. The summed E-state index contributed by atoms with van der Waals surface area (Å²) in [5.74, 6) is -4.50. The van der Waals surface area contributed by atoms with E-state index in [2.05, 4.69) is 0 Å². The Morgan fingerprint density at radius 3 is 2.30 bits per heavy atom. The highest BCUT2D eigenvalue weighted by molar-refractivity contribution is 5.78. The Balaban J connectivity index is 1.81. The van der Waals surface area contributed by atoms with E-state index in [-0.39, 0.29) is 37.4 Å². The molecule has 3 aromatic rings. The van der Waals surface area contributed by atoms with Gasteiger partial charge < -0.3 is 29.3 Å². The van der Waals surface area contributed by atoms with Crippen molar-refractivity contribution in [3.63, 3.8) is 0 Å². The number of carbonyl (C=O) groups excluding carboxylic acids is 2. The maximum atomic E-state index is 15.0. The normalized spacial score (nSPS) is 17.5. The zero-order valence-corrected chi connectivity index (χ0v) is 27.0. The fourth-order valence-corrected chi connectivity index (χ4v) is 5.88. The predicted octanol–water partition coefficient (Wildman–Crippen LogP) is 5.35. The van der Waals surface area contributed by atoms with Crippen LogP contribution in [0.1, 0.15) is 59.0 Å². The van der Waals surface area contributed by atoms with E-state index in [1.165, 1.54) is 9.80 Å². The van der Waals surface area contributed by atoms with Gasteiger partial charge in [-0.2, -0.15) is 0 Å². The van der Waals surface area contributed by atoms with Gasteiger partial charge in [-0.15, -0.1) is 0 Å². The third-order valence-electron chi connectivity index (χ3n) is 7.88. The molecule has 1 saturated heterocycles. The van der Waals surface area contributed by atoms with Crippen molar-refractivity contribution in [3.05, 3.63) is 77.8 Å². The zero-order chi connectivity index (χ0) is 34.0. The minimum Gasteiger partial charge on any atom is -0.481 e. The van der Waals surface area contributed by atoms with E-state index in [1.54, 1.807) is 31.5 Å². The first-order valence-electron chi connectivity index (χ1n) is 15.2. The molecule has 0 radical (unpaired) electrons.